The van der Waals surface area contributed by atoms with E-state index in [1.807, 2.05) is 0 Å². The zero-order valence-electron chi connectivity index (χ0n) is 10.2. The maximum absolute atomic E-state index is 5.83. The molecule has 1 unspecified atom stereocenters. The number of nitrogens with zero attached hydrogens (tertiary/aromatic N) is 1. The topological polar surface area (TPSA) is 29.3 Å². The molecule has 0 aliphatic carbocycles. The average Bonchev–Trinajstić information content (AvgIpc) is 2.39. The van der Waals surface area contributed by atoms with Crippen molar-refractivity contribution in [2.75, 3.05) is 23.7 Å². The molecule has 2 rings (SSSR count). The predicted octanol–water partition coefficient (Wildman–Crippen LogP) is 3.24. The molecule has 1 aliphatic rings. The first-order chi connectivity index (χ1) is 8.24. The molecule has 1 saturated heterocycles. The molecule has 0 spiro atoms. The second-order valence-corrected chi connectivity index (χ2v) is 6.65. The van der Waals surface area contributed by atoms with Gasteiger partial charge in [-0.15, -0.1) is 0 Å². The van der Waals surface area contributed by atoms with Gasteiger partial charge < -0.3 is 10.6 Å². The van der Waals surface area contributed by atoms with E-state index in [0.717, 1.165) is 22.8 Å². The number of rotatable bonds is 3. The third-order valence-corrected chi connectivity index (χ3v) is 5.07. The number of thioether (sulfide) groups is 1. The zero-order chi connectivity index (χ0) is 12.3. The van der Waals surface area contributed by atoms with Gasteiger partial charge in [0.1, 0.15) is 0 Å². The lowest BCUT2D eigenvalue weighted by molar-refractivity contribution is 0.724. The molecule has 94 valence electrons. The van der Waals surface area contributed by atoms with Crippen LogP contribution in [0.25, 0.3) is 0 Å². The minimum atomic E-state index is 0.614. The van der Waals surface area contributed by atoms with Crippen LogP contribution in [0.3, 0.4) is 0 Å². The van der Waals surface area contributed by atoms with Gasteiger partial charge in [0.25, 0.3) is 0 Å². The van der Waals surface area contributed by atoms with Crippen LogP contribution in [0.2, 0.25) is 0 Å². The maximum atomic E-state index is 5.83. The Morgan fingerprint density at radius 2 is 2.35 bits per heavy atom. The van der Waals surface area contributed by atoms with Gasteiger partial charge in [0.2, 0.25) is 0 Å². The van der Waals surface area contributed by atoms with Gasteiger partial charge in [0.05, 0.1) is 0 Å². The lowest BCUT2D eigenvalue weighted by Gasteiger charge is -2.35. The third-order valence-electron chi connectivity index (χ3n) is 3.20. The second-order valence-electron chi connectivity index (χ2n) is 4.32. The number of nitrogens with two attached hydrogens (primary N) is 1. The second kappa shape index (κ2) is 6.12. The maximum Gasteiger partial charge on any atom is 0.0423 e. The van der Waals surface area contributed by atoms with Crippen molar-refractivity contribution in [1.29, 1.82) is 0 Å². The number of hydrogen-bond acceptors (Lipinski definition) is 3. The van der Waals surface area contributed by atoms with E-state index in [0.29, 0.717) is 6.54 Å². The summed E-state index contributed by atoms with van der Waals surface area (Å²) in [5, 5.41) is 0.758. The van der Waals surface area contributed by atoms with E-state index >= 15 is 0 Å². The molecule has 0 aromatic heterocycles. The normalized spacial score (nSPS) is 20.6. The summed E-state index contributed by atoms with van der Waals surface area (Å²) in [4.78, 5) is 2.48. The minimum Gasteiger partial charge on any atom is -0.369 e. The van der Waals surface area contributed by atoms with E-state index in [9.17, 15) is 0 Å². The van der Waals surface area contributed by atoms with E-state index in [2.05, 4.69) is 57.7 Å². The summed E-state index contributed by atoms with van der Waals surface area (Å²) in [5.74, 6) is 1.22. The van der Waals surface area contributed by atoms with Crippen molar-refractivity contribution in [1.82, 2.24) is 0 Å². The highest BCUT2D eigenvalue weighted by Gasteiger charge is 2.20. The van der Waals surface area contributed by atoms with Crippen LogP contribution in [-0.2, 0) is 6.54 Å². The first kappa shape index (κ1) is 13.2. The summed E-state index contributed by atoms with van der Waals surface area (Å²) in [7, 11) is 0. The SMILES string of the molecule is CCC1CN(c2cc(Br)ccc2CN)CCS1. The van der Waals surface area contributed by atoms with Crippen LogP contribution < -0.4 is 10.6 Å². The molecule has 2 nitrogen and oxygen atoms in total. The summed E-state index contributed by atoms with van der Waals surface area (Å²) in [6.45, 7) is 5.16. The molecule has 1 aromatic rings. The Bertz CT molecular complexity index is 384. The first-order valence-corrected chi connectivity index (χ1v) is 7.93. The quantitative estimate of drug-likeness (QED) is 0.928. The fraction of sp³-hybridized carbons (Fsp3) is 0.538. The number of benzene rings is 1. The molecule has 1 aromatic carbocycles. The summed E-state index contributed by atoms with van der Waals surface area (Å²) in [6, 6.07) is 6.40. The van der Waals surface area contributed by atoms with Crippen molar-refractivity contribution in [3.05, 3.63) is 28.2 Å². The lowest BCUT2D eigenvalue weighted by Crippen LogP contribution is -2.38. The molecule has 0 saturated carbocycles. The van der Waals surface area contributed by atoms with Gasteiger partial charge in [0.15, 0.2) is 0 Å². The van der Waals surface area contributed by atoms with Crippen LogP contribution in [-0.4, -0.2) is 24.1 Å². The molecule has 0 radical (unpaired) electrons. The highest BCUT2D eigenvalue weighted by atomic mass is 79.9. The van der Waals surface area contributed by atoms with Crippen molar-refractivity contribution in [2.24, 2.45) is 5.73 Å². The van der Waals surface area contributed by atoms with Gasteiger partial charge in [0, 0.05) is 40.8 Å². The van der Waals surface area contributed by atoms with Crippen molar-refractivity contribution >= 4 is 33.4 Å². The summed E-state index contributed by atoms with van der Waals surface area (Å²) in [5.41, 5.74) is 8.38. The first-order valence-electron chi connectivity index (χ1n) is 6.09. The lowest BCUT2D eigenvalue weighted by atomic mass is 10.1. The molecule has 1 heterocycles. The van der Waals surface area contributed by atoms with E-state index in [4.69, 9.17) is 5.73 Å². The third kappa shape index (κ3) is 3.18. The number of anilines is 1. The molecule has 0 amide bonds. The van der Waals surface area contributed by atoms with Crippen LogP contribution in [0.15, 0.2) is 22.7 Å². The number of halogens is 1. The molecule has 1 fully saturated rings. The van der Waals surface area contributed by atoms with E-state index in [1.54, 1.807) is 0 Å². The molecule has 1 atom stereocenters. The van der Waals surface area contributed by atoms with Crippen molar-refractivity contribution in [2.45, 2.75) is 25.1 Å². The molecule has 17 heavy (non-hydrogen) atoms. The molecular weight excluding hydrogens is 296 g/mol. The summed E-state index contributed by atoms with van der Waals surface area (Å²) >= 11 is 5.65. The largest absolute Gasteiger partial charge is 0.369 e. The van der Waals surface area contributed by atoms with Crippen LogP contribution in [0.5, 0.6) is 0 Å². The van der Waals surface area contributed by atoms with E-state index in [1.165, 1.54) is 23.4 Å². The number of hydrogen-bond donors (Lipinski definition) is 1. The average molecular weight is 315 g/mol. The Kier molecular flexibility index (Phi) is 4.77. The van der Waals surface area contributed by atoms with Gasteiger partial charge >= 0.3 is 0 Å². The Labute approximate surface area is 116 Å². The Hall–Kier alpha value is -0.190. The van der Waals surface area contributed by atoms with Crippen molar-refractivity contribution < 1.29 is 0 Å². The van der Waals surface area contributed by atoms with Gasteiger partial charge in [-0.3, -0.25) is 0 Å². The standard InChI is InChI=1S/C13H19BrN2S/c1-2-12-9-16(5-6-17-12)13-7-11(14)4-3-10(13)8-15/h3-4,7,12H,2,5-6,8-9,15H2,1H3. The van der Waals surface area contributed by atoms with E-state index < -0.39 is 0 Å². The van der Waals surface area contributed by atoms with Gasteiger partial charge in [-0.25, -0.2) is 0 Å². The fourth-order valence-electron chi connectivity index (χ4n) is 2.19. The van der Waals surface area contributed by atoms with Crippen LogP contribution in [0.1, 0.15) is 18.9 Å². The van der Waals surface area contributed by atoms with Crippen LogP contribution in [0.4, 0.5) is 5.69 Å². The van der Waals surface area contributed by atoms with Crippen molar-refractivity contribution in [3.8, 4) is 0 Å². The zero-order valence-corrected chi connectivity index (χ0v) is 12.6. The predicted molar refractivity (Wildman–Crippen MR) is 80.8 cm³/mol. The molecule has 4 heteroatoms. The Balaban J connectivity index is 2.22. The van der Waals surface area contributed by atoms with Crippen molar-refractivity contribution in [3.63, 3.8) is 0 Å². The molecule has 2 N–H and O–H groups in total. The van der Waals surface area contributed by atoms with Gasteiger partial charge in [-0.2, -0.15) is 11.8 Å². The monoisotopic (exact) mass is 314 g/mol. The van der Waals surface area contributed by atoms with Crippen LogP contribution >= 0.6 is 27.7 Å². The van der Waals surface area contributed by atoms with Gasteiger partial charge in [-0.1, -0.05) is 28.9 Å². The Morgan fingerprint density at radius 3 is 3.06 bits per heavy atom. The molecular formula is C13H19BrN2S. The highest BCUT2D eigenvalue weighted by Crippen LogP contribution is 2.30. The minimum absolute atomic E-state index is 0.614. The van der Waals surface area contributed by atoms with Gasteiger partial charge in [-0.05, 0) is 24.1 Å². The molecule has 0 bridgehead atoms. The van der Waals surface area contributed by atoms with E-state index in [-0.39, 0.29) is 0 Å². The molecule has 1 aliphatic heterocycles. The smallest absolute Gasteiger partial charge is 0.0423 e. The van der Waals surface area contributed by atoms with Crippen LogP contribution in [0, 0.1) is 0 Å². The summed E-state index contributed by atoms with van der Waals surface area (Å²) in [6.07, 6.45) is 1.24. The highest BCUT2D eigenvalue weighted by molar-refractivity contribution is 9.10. The fourth-order valence-corrected chi connectivity index (χ4v) is 3.72. The Morgan fingerprint density at radius 1 is 1.53 bits per heavy atom. The summed E-state index contributed by atoms with van der Waals surface area (Å²) < 4.78 is 1.14.